The van der Waals surface area contributed by atoms with Crippen molar-refractivity contribution in [2.45, 2.75) is 44.3 Å². The predicted molar refractivity (Wildman–Crippen MR) is 143 cm³/mol. The van der Waals surface area contributed by atoms with Crippen molar-refractivity contribution in [3.8, 4) is 0 Å². The number of carbonyl (C=O) groups is 3. The topological polar surface area (TPSA) is 79.0 Å². The molecule has 0 radical (unpaired) electrons. The molecule has 2 aliphatic rings. The van der Waals surface area contributed by atoms with Gasteiger partial charge in [0.15, 0.2) is 0 Å². The fourth-order valence-corrected chi connectivity index (χ4v) is 5.98. The summed E-state index contributed by atoms with van der Waals surface area (Å²) in [5.74, 6) is -0.976. The molecule has 210 valence electrons. The third-order valence-electron chi connectivity index (χ3n) is 7.44. The minimum Gasteiger partial charge on any atom is -0.353 e. The molecule has 2 aromatic carbocycles. The Morgan fingerprint density at radius 1 is 1.02 bits per heavy atom. The van der Waals surface area contributed by atoms with Crippen LogP contribution in [0.2, 0.25) is 0 Å². The van der Waals surface area contributed by atoms with Crippen molar-refractivity contribution in [3.63, 3.8) is 0 Å². The predicted octanol–water partition coefficient (Wildman–Crippen LogP) is 4.87. The van der Waals surface area contributed by atoms with Crippen LogP contribution in [0.4, 0.5) is 13.2 Å². The van der Waals surface area contributed by atoms with Crippen LogP contribution < -0.4 is 5.32 Å². The molecule has 3 amide bonds. The number of likely N-dealkylation sites (tertiary alicyclic amines) is 1. The summed E-state index contributed by atoms with van der Waals surface area (Å²) in [7, 11) is 0. The fourth-order valence-electron chi connectivity index (χ4n) is 5.29. The van der Waals surface area contributed by atoms with Crippen molar-refractivity contribution in [1.82, 2.24) is 15.1 Å². The maximum absolute atomic E-state index is 13.9. The molecule has 2 fully saturated rings. The lowest BCUT2D eigenvalue weighted by molar-refractivity contribution is -0.137. The smallest absolute Gasteiger partial charge is 0.353 e. The second-order valence-electron chi connectivity index (χ2n) is 9.95. The molecule has 40 heavy (non-hydrogen) atoms. The largest absolute Gasteiger partial charge is 0.416 e. The van der Waals surface area contributed by atoms with E-state index in [1.54, 1.807) is 23.1 Å². The molecule has 1 spiro atoms. The van der Waals surface area contributed by atoms with Gasteiger partial charge in [-0.3, -0.25) is 19.3 Å². The molecule has 7 nitrogen and oxygen atoms in total. The Hall–Kier alpha value is -3.70. The summed E-state index contributed by atoms with van der Waals surface area (Å²) in [6.45, 7) is 2.29. The van der Waals surface area contributed by atoms with Gasteiger partial charge in [-0.25, -0.2) is 0 Å². The first kappa shape index (κ1) is 27.9. The van der Waals surface area contributed by atoms with Crippen LogP contribution in [-0.4, -0.2) is 59.0 Å². The highest BCUT2D eigenvalue weighted by Gasteiger charge is 2.54. The minimum atomic E-state index is -4.50. The van der Waals surface area contributed by atoms with Gasteiger partial charge in [0, 0.05) is 38.0 Å². The van der Waals surface area contributed by atoms with Gasteiger partial charge >= 0.3 is 6.18 Å². The van der Waals surface area contributed by atoms with Crippen LogP contribution in [0.3, 0.4) is 0 Å². The number of halogens is 3. The number of alkyl halides is 3. The van der Waals surface area contributed by atoms with Crippen molar-refractivity contribution in [1.29, 1.82) is 0 Å². The zero-order valence-corrected chi connectivity index (χ0v) is 22.6. The summed E-state index contributed by atoms with van der Waals surface area (Å²) in [6.07, 6.45) is -3.86. The number of ether oxygens (including phenoxy) is 1. The summed E-state index contributed by atoms with van der Waals surface area (Å²) < 4.78 is 45.6. The maximum Gasteiger partial charge on any atom is 0.416 e. The molecule has 1 N–H and O–H groups in total. The van der Waals surface area contributed by atoms with E-state index in [4.69, 9.17) is 4.74 Å². The number of thiophene rings is 1. The third kappa shape index (κ3) is 5.48. The van der Waals surface area contributed by atoms with E-state index >= 15 is 0 Å². The van der Waals surface area contributed by atoms with Crippen molar-refractivity contribution in [2.24, 2.45) is 0 Å². The Labute approximate surface area is 233 Å². The Morgan fingerprint density at radius 3 is 2.45 bits per heavy atom. The van der Waals surface area contributed by atoms with E-state index in [0.29, 0.717) is 36.4 Å². The van der Waals surface area contributed by atoms with Crippen molar-refractivity contribution in [3.05, 3.63) is 93.2 Å². The molecule has 3 aromatic rings. The van der Waals surface area contributed by atoms with E-state index in [-0.39, 0.29) is 30.5 Å². The van der Waals surface area contributed by atoms with Gasteiger partial charge in [0.2, 0.25) is 5.91 Å². The Kier molecular flexibility index (Phi) is 7.70. The van der Waals surface area contributed by atoms with Gasteiger partial charge in [-0.15, -0.1) is 11.3 Å². The van der Waals surface area contributed by atoms with Crippen LogP contribution in [0.15, 0.2) is 66.0 Å². The number of rotatable bonds is 5. The minimum absolute atomic E-state index is 0.0646. The molecule has 0 unspecified atom stereocenters. The van der Waals surface area contributed by atoms with Crippen LogP contribution in [0.1, 0.15) is 49.6 Å². The standard InChI is InChI=1S/C29H28F3N3O4S/c1-19-6-2-3-9-22(19)26(37)35-23(25(36)33-17-20-7-4-8-21(16-20)29(30,31)32)18-39-28(35)11-13-34(14-12-28)27(38)24-10-5-15-40-24/h2-10,15-16,23H,11-14,17-18H2,1H3,(H,33,36)/t23-/m1/s1. The molecule has 1 aromatic heterocycles. The van der Waals surface area contributed by atoms with Crippen LogP contribution >= 0.6 is 11.3 Å². The number of amides is 3. The highest BCUT2D eigenvalue weighted by atomic mass is 32.1. The van der Waals surface area contributed by atoms with Gasteiger partial charge in [-0.05, 0) is 47.7 Å². The number of carbonyl (C=O) groups excluding carboxylic acids is 3. The van der Waals surface area contributed by atoms with Crippen LogP contribution in [0.5, 0.6) is 0 Å². The molecular formula is C29H28F3N3O4S. The number of benzene rings is 2. The van der Waals surface area contributed by atoms with Crippen molar-refractivity contribution in [2.75, 3.05) is 19.7 Å². The zero-order chi connectivity index (χ0) is 28.5. The molecule has 0 saturated carbocycles. The SMILES string of the molecule is Cc1ccccc1C(=O)N1[C@@H](C(=O)NCc2cccc(C(F)(F)F)c2)COC12CCN(C(=O)c1cccs1)CC2. The normalized spacial score (nSPS) is 18.6. The maximum atomic E-state index is 13.9. The highest BCUT2D eigenvalue weighted by molar-refractivity contribution is 7.12. The third-order valence-corrected chi connectivity index (χ3v) is 8.30. The number of hydrogen-bond acceptors (Lipinski definition) is 5. The van der Waals surface area contributed by atoms with Crippen LogP contribution in [0, 0.1) is 6.92 Å². The summed E-state index contributed by atoms with van der Waals surface area (Å²) >= 11 is 1.36. The molecule has 3 heterocycles. The average molecular weight is 572 g/mol. The highest BCUT2D eigenvalue weighted by Crippen LogP contribution is 2.39. The van der Waals surface area contributed by atoms with E-state index in [2.05, 4.69) is 5.32 Å². The molecular weight excluding hydrogens is 543 g/mol. The molecule has 0 bridgehead atoms. The molecule has 0 aliphatic carbocycles. The summed E-state index contributed by atoms with van der Waals surface area (Å²) in [5.41, 5.74) is -0.441. The molecule has 2 aliphatic heterocycles. The van der Waals surface area contributed by atoms with E-state index in [9.17, 15) is 27.6 Å². The second kappa shape index (κ2) is 11.1. The molecule has 2 saturated heterocycles. The van der Waals surface area contributed by atoms with Gasteiger partial charge < -0.3 is 15.0 Å². The Balaban J connectivity index is 1.36. The van der Waals surface area contributed by atoms with Gasteiger partial charge in [0.05, 0.1) is 17.0 Å². The number of aryl methyl sites for hydroxylation is 1. The number of nitrogens with zero attached hydrogens (tertiary/aromatic N) is 2. The number of nitrogens with one attached hydrogen (secondary N) is 1. The zero-order valence-electron chi connectivity index (χ0n) is 21.7. The van der Waals surface area contributed by atoms with Gasteiger partial charge in [0.1, 0.15) is 11.8 Å². The number of hydrogen-bond donors (Lipinski definition) is 1. The second-order valence-corrected chi connectivity index (χ2v) is 10.9. The monoisotopic (exact) mass is 571 g/mol. The fraction of sp³-hybridized carbons (Fsp3) is 0.345. The van der Waals surface area contributed by atoms with Gasteiger partial charge in [-0.2, -0.15) is 13.2 Å². The van der Waals surface area contributed by atoms with E-state index in [0.717, 1.165) is 17.7 Å². The summed E-state index contributed by atoms with van der Waals surface area (Å²) in [5, 5.41) is 4.53. The lowest BCUT2D eigenvalue weighted by Gasteiger charge is -2.44. The number of piperidine rings is 1. The Bertz CT molecular complexity index is 1400. The van der Waals surface area contributed by atoms with E-state index < -0.39 is 29.4 Å². The van der Waals surface area contributed by atoms with Crippen LogP contribution in [0.25, 0.3) is 0 Å². The first-order chi connectivity index (χ1) is 19.1. The molecule has 1 atom stereocenters. The first-order valence-electron chi connectivity index (χ1n) is 12.9. The quantitative estimate of drug-likeness (QED) is 0.474. The average Bonchev–Trinajstić information content (AvgIpc) is 3.61. The molecule has 11 heteroatoms. The Morgan fingerprint density at radius 2 is 1.77 bits per heavy atom. The van der Waals surface area contributed by atoms with E-state index in [1.165, 1.54) is 28.4 Å². The van der Waals surface area contributed by atoms with Crippen molar-refractivity contribution < 1.29 is 32.3 Å². The van der Waals surface area contributed by atoms with E-state index in [1.807, 2.05) is 30.5 Å². The summed E-state index contributed by atoms with van der Waals surface area (Å²) in [6, 6.07) is 14.4. The van der Waals surface area contributed by atoms with Gasteiger partial charge in [-0.1, -0.05) is 36.4 Å². The lowest BCUT2D eigenvalue weighted by Crippen LogP contribution is -2.59. The first-order valence-corrected chi connectivity index (χ1v) is 13.8. The van der Waals surface area contributed by atoms with Gasteiger partial charge in [0.25, 0.3) is 11.8 Å². The summed E-state index contributed by atoms with van der Waals surface area (Å²) in [4.78, 5) is 44.1. The molecule has 5 rings (SSSR count). The van der Waals surface area contributed by atoms with Crippen LogP contribution in [-0.2, 0) is 22.3 Å². The van der Waals surface area contributed by atoms with Crippen molar-refractivity contribution >= 4 is 29.1 Å². The lowest BCUT2D eigenvalue weighted by atomic mass is 9.95.